The van der Waals surface area contributed by atoms with Crippen molar-refractivity contribution in [3.05, 3.63) is 107 Å². The molecule has 4 rings (SSSR count). The molecule has 0 bridgehead atoms. The van der Waals surface area contributed by atoms with Gasteiger partial charge in [-0.3, -0.25) is 4.79 Å². The number of rotatable bonds is 7. The van der Waals surface area contributed by atoms with Crippen LogP contribution in [0, 0.1) is 27.7 Å². The molecule has 0 spiro atoms. The van der Waals surface area contributed by atoms with E-state index in [-0.39, 0.29) is 0 Å². The van der Waals surface area contributed by atoms with Gasteiger partial charge in [0.1, 0.15) is 11.6 Å². The zero-order valence-electron chi connectivity index (χ0n) is 19.0. The number of amides is 1. The molecule has 0 atom stereocenters. The predicted octanol–water partition coefficient (Wildman–Crippen LogP) is 5.07. The molecule has 1 aromatic carbocycles. The topological polar surface area (TPSA) is 51.9 Å². The van der Waals surface area contributed by atoms with Gasteiger partial charge in [-0.2, -0.15) is 0 Å². The molecule has 0 saturated heterocycles. The largest absolute Gasteiger partial charge is 0.355 e. The Labute approximate surface area is 189 Å². The van der Waals surface area contributed by atoms with Crippen LogP contribution in [0.2, 0.25) is 0 Å². The van der Waals surface area contributed by atoms with Gasteiger partial charge in [-0.1, -0.05) is 36.4 Å². The van der Waals surface area contributed by atoms with E-state index < -0.39 is 0 Å². The lowest BCUT2D eigenvalue weighted by atomic mass is 9.98. The Bertz CT molecular complexity index is 1170. The highest BCUT2D eigenvalue weighted by molar-refractivity contribution is 5.81. The summed E-state index contributed by atoms with van der Waals surface area (Å²) in [6, 6.07) is 22.9. The molecule has 1 N–H and O–H groups in total. The van der Waals surface area contributed by atoms with Crippen LogP contribution >= 0.6 is 0 Å². The Morgan fingerprint density at radius 1 is 0.781 bits per heavy atom. The van der Waals surface area contributed by atoms with Crippen molar-refractivity contribution in [2.75, 3.05) is 6.54 Å². The van der Waals surface area contributed by atoms with Crippen LogP contribution in [-0.2, 0) is 4.79 Å². The van der Waals surface area contributed by atoms with E-state index in [0.29, 0.717) is 6.54 Å². The third-order valence-corrected chi connectivity index (χ3v) is 5.70. The van der Waals surface area contributed by atoms with Gasteiger partial charge in [-0.25, -0.2) is 4.98 Å². The highest BCUT2D eigenvalue weighted by atomic mass is 16.1. The molecule has 162 valence electrons. The quantitative estimate of drug-likeness (QED) is 0.332. The summed E-state index contributed by atoms with van der Waals surface area (Å²) in [5.74, 6) is 1.74. The van der Waals surface area contributed by atoms with Crippen molar-refractivity contribution in [3.63, 3.8) is 0 Å². The molecule has 0 radical (unpaired) electrons. The van der Waals surface area contributed by atoms with Crippen molar-refractivity contribution >= 4 is 12.0 Å². The highest BCUT2D eigenvalue weighted by Gasteiger charge is 2.15. The number of hydrogen-bond donors (Lipinski definition) is 1. The van der Waals surface area contributed by atoms with Crippen molar-refractivity contribution in [2.45, 2.75) is 27.7 Å². The van der Waals surface area contributed by atoms with E-state index in [1.165, 1.54) is 0 Å². The minimum absolute atomic E-state index is 0.448. The average molecular weight is 425 g/mol. The first-order valence-electron chi connectivity index (χ1n) is 10.8. The molecule has 0 saturated carbocycles. The maximum absolute atomic E-state index is 10.9. The minimum atomic E-state index is 0.448. The van der Waals surface area contributed by atoms with Gasteiger partial charge in [-0.15, -0.1) is 0 Å². The molecule has 0 unspecified atom stereocenters. The van der Waals surface area contributed by atoms with Crippen molar-refractivity contribution in [3.8, 4) is 11.6 Å². The smallest absolute Gasteiger partial charge is 0.207 e. The van der Waals surface area contributed by atoms with Crippen LogP contribution < -0.4 is 5.32 Å². The Kier molecular flexibility index (Phi) is 6.08. The summed E-state index contributed by atoms with van der Waals surface area (Å²) in [5.41, 5.74) is 7.71. The van der Waals surface area contributed by atoms with Gasteiger partial charge in [0.05, 0.1) is 0 Å². The van der Waals surface area contributed by atoms with Crippen LogP contribution in [0.15, 0.2) is 72.8 Å². The average Bonchev–Trinajstić information content (AvgIpc) is 3.31. The van der Waals surface area contributed by atoms with Gasteiger partial charge in [0.2, 0.25) is 6.41 Å². The number of nitrogens with zero attached hydrogens (tertiary/aromatic N) is 3. The number of carbonyl (C=O) groups is 1. The van der Waals surface area contributed by atoms with Gasteiger partial charge in [-0.05, 0) is 80.8 Å². The molecule has 5 heteroatoms. The summed E-state index contributed by atoms with van der Waals surface area (Å²) in [7, 11) is 0. The normalized spacial score (nSPS) is 11.6. The van der Waals surface area contributed by atoms with E-state index in [4.69, 9.17) is 4.98 Å². The zero-order chi connectivity index (χ0) is 22.7. The molecule has 0 aliphatic carbocycles. The Morgan fingerprint density at radius 2 is 1.28 bits per heavy atom. The van der Waals surface area contributed by atoms with Crippen LogP contribution in [0.3, 0.4) is 0 Å². The van der Waals surface area contributed by atoms with Crippen LogP contribution in [0.5, 0.6) is 0 Å². The van der Waals surface area contributed by atoms with Crippen molar-refractivity contribution < 1.29 is 4.79 Å². The maximum Gasteiger partial charge on any atom is 0.207 e. The second-order valence-corrected chi connectivity index (χ2v) is 7.99. The fourth-order valence-corrected chi connectivity index (χ4v) is 4.18. The van der Waals surface area contributed by atoms with Crippen LogP contribution in [0.1, 0.15) is 33.9 Å². The number of carbonyl (C=O) groups excluding carboxylic acids is 1. The number of hydrogen-bond acceptors (Lipinski definition) is 2. The van der Waals surface area contributed by atoms with E-state index in [1.54, 1.807) is 0 Å². The molecule has 3 aromatic heterocycles. The van der Waals surface area contributed by atoms with Gasteiger partial charge in [0.25, 0.3) is 0 Å². The van der Waals surface area contributed by atoms with E-state index in [9.17, 15) is 4.79 Å². The first kappa shape index (κ1) is 21.4. The lowest BCUT2D eigenvalue weighted by Crippen LogP contribution is -2.11. The monoisotopic (exact) mass is 424 g/mol. The molecule has 32 heavy (non-hydrogen) atoms. The molecule has 0 aliphatic rings. The summed E-state index contributed by atoms with van der Waals surface area (Å²) in [4.78, 5) is 15.9. The van der Waals surface area contributed by atoms with E-state index in [2.05, 4.69) is 96.8 Å². The van der Waals surface area contributed by atoms with E-state index in [1.807, 2.05) is 18.2 Å². The SMILES string of the molecule is Cc1ccc(C)n1-c1cc(C(=CCNC=O)c2ccccc2)cc(-n2c(C)ccc2C)n1. The van der Waals surface area contributed by atoms with Crippen molar-refractivity contribution in [1.29, 1.82) is 0 Å². The van der Waals surface area contributed by atoms with Gasteiger partial charge < -0.3 is 14.5 Å². The number of pyridine rings is 1. The predicted molar refractivity (Wildman–Crippen MR) is 129 cm³/mol. The second-order valence-electron chi connectivity index (χ2n) is 7.99. The third kappa shape index (κ3) is 4.14. The van der Waals surface area contributed by atoms with Crippen LogP contribution in [0.4, 0.5) is 0 Å². The summed E-state index contributed by atoms with van der Waals surface area (Å²) in [5, 5.41) is 2.76. The molecule has 3 heterocycles. The lowest BCUT2D eigenvalue weighted by Gasteiger charge is -2.17. The van der Waals surface area contributed by atoms with Gasteiger partial charge in [0, 0.05) is 29.3 Å². The Balaban J connectivity index is 1.98. The minimum Gasteiger partial charge on any atom is -0.355 e. The van der Waals surface area contributed by atoms with Gasteiger partial charge in [0.15, 0.2) is 0 Å². The number of benzene rings is 1. The highest BCUT2D eigenvalue weighted by Crippen LogP contribution is 2.28. The number of aryl methyl sites for hydroxylation is 4. The van der Waals surface area contributed by atoms with Crippen LogP contribution in [-0.4, -0.2) is 27.1 Å². The summed E-state index contributed by atoms with van der Waals surface area (Å²) in [6.45, 7) is 8.82. The molecule has 1 amide bonds. The fraction of sp³-hybridized carbons (Fsp3) is 0.185. The fourth-order valence-electron chi connectivity index (χ4n) is 4.18. The zero-order valence-corrected chi connectivity index (χ0v) is 19.0. The summed E-state index contributed by atoms with van der Waals surface area (Å²) < 4.78 is 4.35. The molecule has 4 aromatic rings. The van der Waals surface area contributed by atoms with Gasteiger partial charge >= 0.3 is 0 Å². The van der Waals surface area contributed by atoms with Crippen LogP contribution in [0.25, 0.3) is 17.2 Å². The van der Waals surface area contributed by atoms with Crippen molar-refractivity contribution in [2.24, 2.45) is 0 Å². The van der Waals surface area contributed by atoms with E-state index in [0.717, 1.165) is 57.5 Å². The first-order valence-corrected chi connectivity index (χ1v) is 10.8. The molecule has 0 fully saturated rings. The standard InChI is InChI=1S/C27H28N4O/c1-19-10-11-20(2)30(19)26-16-24(17-27(29-26)31-21(3)12-13-22(31)4)25(14-15-28-18-32)23-8-6-5-7-9-23/h5-14,16-18H,15H2,1-4H3,(H,28,32). The third-order valence-electron chi connectivity index (χ3n) is 5.70. The summed E-state index contributed by atoms with van der Waals surface area (Å²) >= 11 is 0. The lowest BCUT2D eigenvalue weighted by molar-refractivity contribution is -0.109. The number of aromatic nitrogens is 3. The molecule has 0 aliphatic heterocycles. The first-order chi connectivity index (χ1) is 15.5. The Hall–Kier alpha value is -3.86. The maximum atomic E-state index is 10.9. The summed E-state index contributed by atoms with van der Waals surface area (Å²) in [6.07, 6.45) is 2.78. The molecular weight excluding hydrogens is 396 g/mol. The Morgan fingerprint density at radius 3 is 1.75 bits per heavy atom. The van der Waals surface area contributed by atoms with E-state index >= 15 is 0 Å². The second kappa shape index (κ2) is 9.10. The number of nitrogens with one attached hydrogen (secondary N) is 1. The molecule has 5 nitrogen and oxygen atoms in total. The van der Waals surface area contributed by atoms with Crippen molar-refractivity contribution in [1.82, 2.24) is 19.4 Å². The molecular formula is C27H28N4O.